The van der Waals surface area contributed by atoms with Crippen LogP contribution in [-0.4, -0.2) is 44.7 Å². The fourth-order valence-corrected chi connectivity index (χ4v) is 7.88. The highest BCUT2D eigenvalue weighted by molar-refractivity contribution is 7.89. The monoisotopic (exact) mass is 573 g/mol. The van der Waals surface area contributed by atoms with Gasteiger partial charge in [0.05, 0.1) is 28.2 Å². The Labute approximate surface area is 231 Å². The minimum Gasteiger partial charge on any atom is -0.497 e. The van der Waals surface area contributed by atoms with E-state index in [0.29, 0.717) is 35.1 Å². The molecule has 2 aromatic carbocycles. The number of hydrogen-bond donors (Lipinski definition) is 2. The second-order valence-corrected chi connectivity index (χ2v) is 12.8. The summed E-state index contributed by atoms with van der Waals surface area (Å²) in [7, 11) is -2.15. The number of amides is 2. The Morgan fingerprint density at radius 3 is 2.37 bits per heavy atom. The van der Waals surface area contributed by atoms with Crippen LogP contribution in [0.3, 0.4) is 0 Å². The molecule has 0 spiro atoms. The van der Waals surface area contributed by atoms with Gasteiger partial charge < -0.3 is 15.4 Å². The maximum absolute atomic E-state index is 13.4. The second kappa shape index (κ2) is 11.1. The number of rotatable bonds is 7. The lowest BCUT2D eigenvalue weighted by atomic mass is 9.95. The van der Waals surface area contributed by atoms with E-state index in [2.05, 4.69) is 10.6 Å². The summed E-state index contributed by atoms with van der Waals surface area (Å²) in [4.78, 5) is 27.9. The third-order valence-electron chi connectivity index (χ3n) is 6.86. The van der Waals surface area contributed by atoms with Crippen molar-refractivity contribution in [3.8, 4) is 5.75 Å². The van der Waals surface area contributed by atoms with E-state index >= 15 is 0 Å². The zero-order valence-corrected chi connectivity index (χ0v) is 23.3. The molecule has 38 heavy (non-hydrogen) atoms. The van der Waals surface area contributed by atoms with E-state index < -0.39 is 15.9 Å². The second-order valence-electron chi connectivity index (χ2n) is 9.30. The van der Waals surface area contributed by atoms with Crippen LogP contribution in [0.25, 0.3) is 0 Å². The van der Waals surface area contributed by atoms with E-state index in [1.807, 2.05) is 0 Å². The highest BCUT2D eigenvalue weighted by Crippen LogP contribution is 2.39. The molecular formula is C27H28ClN3O5S2. The van der Waals surface area contributed by atoms with Gasteiger partial charge in [0.25, 0.3) is 11.8 Å². The van der Waals surface area contributed by atoms with Gasteiger partial charge in [0.15, 0.2) is 0 Å². The van der Waals surface area contributed by atoms with Crippen molar-refractivity contribution in [2.75, 3.05) is 30.8 Å². The number of anilines is 2. The molecule has 8 nitrogen and oxygen atoms in total. The van der Waals surface area contributed by atoms with Crippen molar-refractivity contribution in [1.29, 1.82) is 0 Å². The van der Waals surface area contributed by atoms with E-state index in [9.17, 15) is 18.0 Å². The summed E-state index contributed by atoms with van der Waals surface area (Å²) in [6.07, 6.45) is 5.18. The average molecular weight is 574 g/mol. The van der Waals surface area contributed by atoms with Gasteiger partial charge in [0.2, 0.25) is 10.0 Å². The molecule has 1 aliphatic carbocycles. The summed E-state index contributed by atoms with van der Waals surface area (Å²) in [5.74, 6) is -0.207. The van der Waals surface area contributed by atoms with Crippen LogP contribution in [0.5, 0.6) is 5.75 Å². The van der Waals surface area contributed by atoms with Gasteiger partial charge in [0.1, 0.15) is 10.8 Å². The molecule has 1 fully saturated rings. The van der Waals surface area contributed by atoms with E-state index in [4.69, 9.17) is 16.3 Å². The lowest BCUT2D eigenvalue weighted by Gasteiger charge is -2.16. The van der Waals surface area contributed by atoms with Gasteiger partial charge in [-0.15, -0.1) is 11.3 Å². The molecule has 2 heterocycles. The number of nitrogens with zero attached hydrogens (tertiary/aromatic N) is 1. The zero-order chi connectivity index (χ0) is 26.9. The maximum atomic E-state index is 13.4. The average Bonchev–Trinajstić information content (AvgIpc) is 3.58. The molecule has 2 N–H and O–H groups in total. The van der Waals surface area contributed by atoms with Crippen molar-refractivity contribution < 1.29 is 22.7 Å². The number of fused-ring (bicyclic) bond motifs is 1. The number of benzene rings is 2. The van der Waals surface area contributed by atoms with E-state index in [-0.39, 0.29) is 21.4 Å². The number of sulfonamides is 1. The topological polar surface area (TPSA) is 105 Å². The Morgan fingerprint density at radius 2 is 1.66 bits per heavy atom. The highest BCUT2D eigenvalue weighted by atomic mass is 35.5. The molecular weight excluding hydrogens is 546 g/mol. The molecule has 3 aromatic rings. The molecule has 0 unspecified atom stereocenters. The number of nitrogens with one attached hydrogen (secondary N) is 2. The number of methoxy groups -OCH3 is 1. The van der Waals surface area contributed by atoms with Crippen molar-refractivity contribution >= 4 is 55.5 Å². The summed E-state index contributed by atoms with van der Waals surface area (Å²) < 4.78 is 32.7. The maximum Gasteiger partial charge on any atom is 0.258 e. The first-order chi connectivity index (χ1) is 18.3. The standard InChI is InChI=1S/C27H28ClN3O5S2/c1-36-18-10-8-17(9-11-18)29-26(33)24-20-6-2-3-7-23(20)37-27(24)30-25(32)21-16-19(12-13-22(21)28)38(34,35)31-14-4-5-15-31/h8-13,16H,2-7,14-15H2,1H3,(H,29,33)(H,30,32). The Hall–Kier alpha value is -2.92. The van der Waals surface area contributed by atoms with E-state index in [1.54, 1.807) is 31.4 Å². The minimum absolute atomic E-state index is 0.0249. The van der Waals surface area contributed by atoms with Crippen LogP contribution in [0.1, 0.15) is 56.8 Å². The molecule has 0 saturated carbocycles. The Morgan fingerprint density at radius 1 is 0.947 bits per heavy atom. The van der Waals surface area contributed by atoms with Crippen LogP contribution in [-0.2, 0) is 22.9 Å². The highest BCUT2D eigenvalue weighted by Gasteiger charge is 2.30. The predicted molar refractivity (Wildman–Crippen MR) is 149 cm³/mol. The van der Waals surface area contributed by atoms with Crippen LogP contribution in [0.15, 0.2) is 47.4 Å². The van der Waals surface area contributed by atoms with Crippen molar-refractivity contribution in [2.24, 2.45) is 0 Å². The van der Waals surface area contributed by atoms with Crippen LogP contribution < -0.4 is 15.4 Å². The van der Waals surface area contributed by atoms with Gasteiger partial charge in [-0.1, -0.05) is 11.6 Å². The molecule has 0 bridgehead atoms. The van der Waals surface area contributed by atoms with Gasteiger partial charge in [-0.05, 0) is 86.6 Å². The van der Waals surface area contributed by atoms with Crippen molar-refractivity contribution in [3.05, 3.63) is 69.1 Å². The first kappa shape index (κ1) is 26.7. The summed E-state index contributed by atoms with van der Waals surface area (Å²) >= 11 is 7.73. The fraction of sp³-hybridized carbons (Fsp3) is 0.333. The molecule has 11 heteroatoms. The molecule has 200 valence electrons. The molecule has 0 radical (unpaired) electrons. The number of carbonyl (C=O) groups excluding carboxylic acids is 2. The van der Waals surface area contributed by atoms with Gasteiger partial charge in [-0.2, -0.15) is 4.31 Å². The zero-order valence-electron chi connectivity index (χ0n) is 20.9. The van der Waals surface area contributed by atoms with Crippen molar-refractivity contribution in [3.63, 3.8) is 0 Å². The van der Waals surface area contributed by atoms with E-state index in [0.717, 1.165) is 49.0 Å². The predicted octanol–water partition coefficient (Wildman–Crippen LogP) is 5.58. The lowest BCUT2D eigenvalue weighted by molar-refractivity contribution is 0.102. The summed E-state index contributed by atoms with van der Waals surface area (Å²) in [5, 5.41) is 6.35. The molecule has 1 aromatic heterocycles. The van der Waals surface area contributed by atoms with Crippen LogP contribution in [0, 0.1) is 0 Å². The fourth-order valence-electron chi connectivity index (χ4n) is 4.85. The first-order valence-electron chi connectivity index (χ1n) is 12.5. The molecule has 0 atom stereocenters. The van der Waals surface area contributed by atoms with Gasteiger partial charge in [-0.3, -0.25) is 9.59 Å². The number of aryl methyl sites for hydroxylation is 1. The van der Waals surface area contributed by atoms with Gasteiger partial charge in [0, 0.05) is 23.7 Å². The third-order valence-corrected chi connectivity index (χ3v) is 10.3. The Kier molecular flexibility index (Phi) is 7.76. The number of ether oxygens (including phenoxy) is 1. The van der Waals surface area contributed by atoms with Gasteiger partial charge >= 0.3 is 0 Å². The number of hydrogen-bond acceptors (Lipinski definition) is 6. The van der Waals surface area contributed by atoms with Crippen molar-refractivity contribution in [1.82, 2.24) is 4.31 Å². The molecule has 5 rings (SSSR count). The number of thiophene rings is 1. The normalized spacial score (nSPS) is 15.6. The molecule has 1 aliphatic heterocycles. The lowest BCUT2D eigenvalue weighted by Crippen LogP contribution is -2.28. The van der Waals surface area contributed by atoms with Crippen LogP contribution >= 0.6 is 22.9 Å². The SMILES string of the molecule is COc1ccc(NC(=O)c2c(NC(=O)c3cc(S(=O)(=O)N4CCCC4)ccc3Cl)sc3c2CCCC3)cc1. The number of carbonyl (C=O) groups is 2. The molecule has 2 aliphatic rings. The first-order valence-corrected chi connectivity index (χ1v) is 15.1. The quantitative estimate of drug-likeness (QED) is 0.384. The van der Waals surface area contributed by atoms with E-state index in [1.165, 1.54) is 33.8 Å². The van der Waals surface area contributed by atoms with Gasteiger partial charge in [-0.25, -0.2) is 8.42 Å². The third kappa shape index (κ3) is 5.31. The Balaban J connectivity index is 1.44. The van der Waals surface area contributed by atoms with Crippen LogP contribution in [0.2, 0.25) is 5.02 Å². The van der Waals surface area contributed by atoms with Crippen LogP contribution in [0.4, 0.5) is 10.7 Å². The molecule has 1 saturated heterocycles. The molecule has 2 amide bonds. The summed E-state index contributed by atoms with van der Waals surface area (Å²) in [6.45, 7) is 0.916. The van der Waals surface area contributed by atoms with Crippen molar-refractivity contribution in [2.45, 2.75) is 43.4 Å². The largest absolute Gasteiger partial charge is 0.497 e. The number of halogens is 1. The summed E-state index contributed by atoms with van der Waals surface area (Å²) in [5.41, 5.74) is 2.02. The summed E-state index contributed by atoms with van der Waals surface area (Å²) in [6, 6.07) is 11.2. The minimum atomic E-state index is -3.72. The smallest absolute Gasteiger partial charge is 0.258 e. The Bertz CT molecular complexity index is 1480.